The maximum Gasteiger partial charge on any atom is 0.251 e. The van der Waals surface area contributed by atoms with Crippen molar-refractivity contribution in [3.8, 4) is 0 Å². The van der Waals surface area contributed by atoms with Gasteiger partial charge in [-0.1, -0.05) is 35.3 Å². The van der Waals surface area contributed by atoms with E-state index >= 15 is 0 Å². The van der Waals surface area contributed by atoms with E-state index < -0.39 is 0 Å². The number of aryl methyl sites for hydroxylation is 3. The fraction of sp³-hybridized carbons (Fsp3) is 0.235. The van der Waals surface area contributed by atoms with E-state index in [9.17, 15) is 4.79 Å². The number of benzene rings is 2. The van der Waals surface area contributed by atoms with E-state index in [-0.39, 0.29) is 5.91 Å². The van der Waals surface area contributed by atoms with Gasteiger partial charge in [0.05, 0.1) is 0 Å². The Morgan fingerprint density at radius 2 is 1.67 bits per heavy atom. The largest absolute Gasteiger partial charge is 0.348 e. The average Bonchev–Trinajstić information content (AvgIpc) is 2.41. The molecule has 2 aromatic rings. The van der Waals surface area contributed by atoms with Crippen LogP contribution in [-0.2, 0) is 6.54 Å². The zero-order chi connectivity index (χ0) is 15.6. The van der Waals surface area contributed by atoms with Crippen molar-refractivity contribution in [3.63, 3.8) is 0 Å². The summed E-state index contributed by atoms with van der Waals surface area (Å²) in [5, 5.41) is 4.04. The molecule has 0 bridgehead atoms. The van der Waals surface area contributed by atoms with Crippen molar-refractivity contribution >= 4 is 29.1 Å². The van der Waals surface area contributed by atoms with Crippen LogP contribution in [0.4, 0.5) is 0 Å². The van der Waals surface area contributed by atoms with E-state index in [0.717, 1.165) is 16.7 Å². The number of amides is 1. The van der Waals surface area contributed by atoms with Crippen molar-refractivity contribution in [1.29, 1.82) is 0 Å². The second-order valence-electron chi connectivity index (χ2n) is 5.17. The van der Waals surface area contributed by atoms with Gasteiger partial charge in [0.2, 0.25) is 0 Å². The van der Waals surface area contributed by atoms with Gasteiger partial charge in [0, 0.05) is 22.2 Å². The van der Waals surface area contributed by atoms with Crippen LogP contribution in [0.25, 0.3) is 0 Å². The quantitative estimate of drug-likeness (QED) is 0.860. The third kappa shape index (κ3) is 3.78. The molecule has 0 spiro atoms. The van der Waals surface area contributed by atoms with Crippen LogP contribution >= 0.6 is 23.2 Å². The van der Waals surface area contributed by atoms with Gasteiger partial charge in [-0.3, -0.25) is 4.79 Å². The van der Waals surface area contributed by atoms with E-state index in [4.69, 9.17) is 23.2 Å². The number of carbonyl (C=O) groups is 1. The van der Waals surface area contributed by atoms with Crippen molar-refractivity contribution < 1.29 is 4.79 Å². The van der Waals surface area contributed by atoms with Gasteiger partial charge >= 0.3 is 0 Å². The summed E-state index contributed by atoms with van der Waals surface area (Å²) in [6.45, 7) is 6.36. The minimum Gasteiger partial charge on any atom is -0.348 e. The molecule has 0 atom stereocenters. The number of hydrogen-bond donors (Lipinski definition) is 1. The predicted octanol–water partition coefficient (Wildman–Crippen LogP) is 4.85. The molecule has 110 valence electrons. The van der Waals surface area contributed by atoms with Crippen LogP contribution in [0.15, 0.2) is 30.3 Å². The van der Waals surface area contributed by atoms with Crippen LogP contribution in [0.5, 0.6) is 0 Å². The van der Waals surface area contributed by atoms with Crippen LogP contribution in [0.2, 0.25) is 10.0 Å². The Morgan fingerprint density at radius 3 is 2.33 bits per heavy atom. The summed E-state index contributed by atoms with van der Waals surface area (Å²) in [5.41, 5.74) is 4.80. The molecule has 0 radical (unpaired) electrons. The van der Waals surface area contributed by atoms with E-state index in [1.54, 1.807) is 12.1 Å². The maximum absolute atomic E-state index is 12.3. The van der Waals surface area contributed by atoms with Gasteiger partial charge in [-0.2, -0.15) is 0 Å². The molecule has 2 aromatic carbocycles. The molecule has 0 fully saturated rings. The van der Waals surface area contributed by atoms with Gasteiger partial charge in [0.15, 0.2) is 0 Å². The fourth-order valence-corrected chi connectivity index (χ4v) is 2.62. The topological polar surface area (TPSA) is 29.1 Å². The third-order valence-electron chi connectivity index (χ3n) is 3.54. The minimum atomic E-state index is -0.0957. The molecule has 0 unspecified atom stereocenters. The normalized spacial score (nSPS) is 10.5. The van der Waals surface area contributed by atoms with E-state index in [0.29, 0.717) is 22.2 Å². The van der Waals surface area contributed by atoms with Crippen LogP contribution in [0.1, 0.15) is 32.6 Å². The first-order valence-corrected chi connectivity index (χ1v) is 7.44. The standard InChI is InChI=1S/C17H17Cl2NO/c1-10-6-12(3)15(7-11(10)2)17(21)20-9-13-4-5-14(18)8-16(13)19/h4-8H,9H2,1-3H3,(H,20,21). The Morgan fingerprint density at radius 1 is 1.00 bits per heavy atom. The highest BCUT2D eigenvalue weighted by Crippen LogP contribution is 2.21. The molecule has 21 heavy (non-hydrogen) atoms. The van der Waals surface area contributed by atoms with Gasteiger partial charge in [-0.05, 0) is 61.2 Å². The van der Waals surface area contributed by atoms with E-state index in [1.165, 1.54) is 5.56 Å². The lowest BCUT2D eigenvalue weighted by Gasteiger charge is -2.11. The van der Waals surface area contributed by atoms with Gasteiger partial charge in [0.25, 0.3) is 5.91 Å². The second kappa shape index (κ2) is 6.50. The highest BCUT2D eigenvalue weighted by molar-refractivity contribution is 6.35. The van der Waals surface area contributed by atoms with Gasteiger partial charge in [0.1, 0.15) is 0 Å². The summed E-state index contributed by atoms with van der Waals surface area (Å²) in [6.07, 6.45) is 0. The number of rotatable bonds is 3. The number of nitrogens with one attached hydrogen (secondary N) is 1. The first-order chi connectivity index (χ1) is 9.88. The molecule has 1 N–H and O–H groups in total. The molecule has 0 heterocycles. The lowest BCUT2D eigenvalue weighted by molar-refractivity contribution is 0.0950. The molecule has 2 nitrogen and oxygen atoms in total. The molecule has 0 saturated heterocycles. The lowest BCUT2D eigenvalue weighted by atomic mass is 10.0. The summed E-state index contributed by atoms with van der Waals surface area (Å²) in [5.74, 6) is -0.0957. The smallest absolute Gasteiger partial charge is 0.251 e. The van der Waals surface area contributed by atoms with Crippen LogP contribution < -0.4 is 5.32 Å². The Balaban J connectivity index is 2.13. The number of carbonyl (C=O) groups excluding carboxylic acids is 1. The average molecular weight is 322 g/mol. The van der Waals surface area contributed by atoms with Gasteiger partial charge < -0.3 is 5.32 Å². The third-order valence-corrected chi connectivity index (χ3v) is 4.13. The highest BCUT2D eigenvalue weighted by atomic mass is 35.5. The Kier molecular flexibility index (Phi) is 4.92. The monoisotopic (exact) mass is 321 g/mol. The van der Waals surface area contributed by atoms with E-state index in [2.05, 4.69) is 5.32 Å². The van der Waals surface area contributed by atoms with Crippen LogP contribution in [0.3, 0.4) is 0 Å². The molecule has 0 aliphatic heterocycles. The van der Waals surface area contributed by atoms with Gasteiger partial charge in [-0.25, -0.2) is 0 Å². The van der Waals surface area contributed by atoms with E-state index in [1.807, 2.05) is 39.0 Å². The number of hydrogen-bond acceptors (Lipinski definition) is 1. The Bertz CT molecular complexity index is 695. The van der Waals surface area contributed by atoms with Crippen molar-refractivity contribution in [1.82, 2.24) is 5.32 Å². The first-order valence-electron chi connectivity index (χ1n) is 6.68. The maximum atomic E-state index is 12.3. The minimum absolute atomic E-state index is 0.0957. The molecule has 0 aliphatic carbocycles. The summed E-state index contributed by atoms with van der Waals surface area (Å²) >= 11 is 12.0. The highest BCUT2D eigenvalue weighted by Gasteiger charge is 2.11. The Labute approximate surface area is 135 Å². The predicted molar refractivity (Wildman–Crippen MR) is 88.3 cm³/mol. The molecule has 0 aromatic heterocycles. The van der Waals surface area contributed by atoms with Crippen molar-refractivity contribution in [3.05, 3.63) is 68.2 Å². The summed E-state index contributed by atoms with van der Waals surface area (Å²) < 4.78 is 0. The molecule has 0 saturated carbocycles. The number of halogens is 2. The molecular formula is C17H17Cl2NO. The summed E-state index contributed by atoms with van der Waals surface area (Å²) in [7, 11) is 0. The van der Waals surface area contributed by atoms with Crippen molar-refractivity contribution in [2.24, 2.45) is 0 Å². The van der Waals surface area contributed by atoms with Crippen LogP contribution in [-0.4, -0.2) is 5.91 Å². The summed E-state index contributed by atoms with van der Waals surface area (Å²) in [6, 6.07) is 9.20. The van der Waals surface area contributed by atoms with Gasteiger partial charge in [-0.15, -0.1) is 0 Å². The molecule has 4 heteroatoms. The zero-order valence-electron chi connectivity index (χ0n) is 12.3. The molecular weight excluding hydrogens is 305 g/mol. The first kappa shape index (κ1) is 15.9. The molecule has 2 rings (SSSR count). The fourth-order valence-electron chi connectivity index (χ4n) is 2.14. The van der Waals surface area contributed by atoms with Crippen molar-refractivity contribution in [2.45, 2.75) is 27.3 Å². The zero-order valence-corrected chi connectivity index (χ0v) is 13.8. The van der Waals surface area contributed by atoms with Crippen molar-refractivity contribution in [2.75, 3.05) is 0 Å². The Hall–Kier alpha value is -1.51. The van der Waals surface area contributed by atoms with Crippen LogP contribution in [0, 0.1) is 20.8 Å². The SMILES string of the molecule is Cc1cc(C)c(C(=O)NCc2ccc(Cl)cc2Cl)cc1C. The second-order valence-corrected chi connectivity index (χ2v) is 6.01. The summed E-state index contributed by atoms with van der Waals surface area (Å²) in [4.78, 5) is 12.3. The molecule has 1 amide bonds. The lowest BCUT2D eigenvalue weighted by Crippen LogP contribution is -2.24. The molecule has 0 aliphatic rings.